The summed E-state index contributed by atoms with van der Waals surface area (Å²) < 4.78 is 44.3. The molecular weight excluding hydrogens is 475 g/mol. The Labute approximate surface area is 200 Å². The van der Waals surface area contributed by atoms with Gasteiger partial charge in [0.2, 0.25) is 0 Å². The number of nitriles is 1. The SMILES string of the molecule is N#C/C(=C\Nc1cccc(C(F)(F)F)c1)c1nc(-c2cc3c(ccc4ccccc43)oc2=O)cs1. The first kappa shape index (κ1) is 22.4. The van der Waals surface area contributed by atoms with Crippen LogP contribution in [-0.2, 0) is 6.18 Å². The van der Waals surface area contributed by atoms with Gasteiger partial charge in [-0.05, 0) is 41.1 Å². The summed E-state index contributed by atoms with van der Waals surface area (Å²) in [5.74, 6) is 0. The molecule has 2 aromatic heterocycles. The normalized spacial score (nSPS) is 12.1. The molecule has 0 bridgehead atoms. The lowest BCUT2D eigenvalue weighted by atomic mass is 10.0. The minimum Gasteiger partial charge on any atom is -0.422 e. The summed E-state index contributed by atoms with van der Waals surface area (Å²) in [6.07, 6.45) is -3.19. The van der Waals surface area contributed by atoms with Gasteiger partial charge in [0.25, 0.3) is 0 Å². The first-order valence-corrected chi connectivity index (χ1v) is 11.2. The van der Waals surface area contributed by atoms with Gasteiger partial charge in [-0.25, -0.2) is 9.78 Å². The molecule has 0 saturated carbocycles. The second-order valence-electron chi connectivity index (χ2n) is 7.58. The molecule has 3 aromatic carbocycles. The minimum absolute atomic E-state index is 0.106. The molecule has 0 saturated heterocycles. The van der Waals surface area contributed by atoms with Crippen molar-refractivity contribution in [3.05, 3.63) is 99.3 Å². The summed E-state index contributed by atoms with van der Waals surface area (Å²) in [6, 6.07) is 19.7. The number of nitrogens with one attached hydrogen (secondary N) is 1. The van der Waals surface area contributed by atoms with Crippen molar-refractivity contribution in [1.29, 1.82) is 5.26 Å². The third kappa shape index (κ3) is 4.39. The predicted octanol–water partition coefficient (Wildman–Crippen LogP) is 7.07. The number of fused-ring (bicyclic) bond motifs is 3. The van der Waals surface area contributed by atoms with Crippen LogP contribution in [0.5, 0.6) is 0 Å². The van der Waals surface area contributed by atoms with Crippen LogP contribution in [0.3, 0.4) is 0 Å². The number of halogens is 3. The van der Waals surface area contributed by atoms with Crippen molar-refractivity contribution in [2.24, 2.45) is 0 Å². The van der Waals surface area contributed by atoms with Crippen molar-refractivity contribution < 1.29 is 17.6 Å². The third-order valence-corrected chi connectivity index (χ3v) is 6.22. The molecule has 0 unspecified atom stereocenters. The Morgan fingerprint density at radius 2 is 1.89 bits per heavy atom. The highest BCUT2D eigenvalue weighted by atomic mass is 32.1. The van der Waals surface area contributed by atoms with E-state index in [1.165, 1.54) is 18.3 Å². The molecule has 0 spiro atoms. The molecule has 9 heteroatoms. The highest BCUT2D eigenvalue weighted by molar-refractivity contribution is 7.11. The van der Waals surface area contributed by atoms with Crippen LogP contribution < -0.4 is 10.9 Å². The van der Waals surface area contributed by atoms with E-state index in [1.54, 1.807) is 17.5 Å². The van der Waals surface area contributed by atoms with Gasteiger partial charge in [-0.2, -0.15) is 18.4 Å². The maximum absolute atomic E-state index is 12.9. The zero-order chi connectivity index (χ0) is 24.6. The fourth-order valence-corrected chi connectivity index (χ4v) is 4.44. The second kappa shape index (κ2) is 8.74. The molecule has 5 rings (SSSR count). The van der Waals surface area contributed by atoms with Gasteiger partial charge in [-0.3, -0.25) is 0 Å². The van der Waals surface area contributed by atoms with E-state index in [0.717, 1.165) is 39.6 Å². The average Bonchev–Trinajstić information content (AvgIpc) is 3.33. The molecule has 2 heterocycles. The number of thiazole rings is 1. The van der Waals surface area contributed by atoms with Crippen molar-refractivity contribution in [3.8, 4) is 17.3 Å². The molecule has 0 radical (unpaired) electrons. The van der Waals surface area contributed by atoms with Crippen LogP contribution in [0.1, 0.15) is 10.6 Å². The van der Waals surface area contributed by atoms with Crippen molar-refractivity contribution in [1.82, 2.24) is 4.98 Å². The lowest BCUT2D eigenvalue weighted by Crippen LogP contribution is -2.05. The van der Waals surface area contributed by atoms with Crippen LogP contribution in [-0.4, -0.2) is 4.98 Å². The van der Waals surface area contributed by atoms with E-state index in [2.05, 4.69) is 10.3 Å². The molecule has 5 nitrogen and oxygen atoms in total. The van der Waals surface area contributed by atoms with E-state index < -0.39 is 17.4 Å². The van der Waals surface area contributed by atoms with Crippen LogP contribution in [0.2, 0.25) is 0 Å². The summed E-state index contributed by atoms with van der Waals surface area (Å²) in [4.78, 5) is 17.1. The largest absolute Gasteiger partial charge is 0.422 e. The third-order valence-electron chi connectivity index (χ3n) is 5.35. The Morgan fingerprint density at radius 1 is 1.06 bits per heavy atom. The van der Waals surface area contributed by atoms with Gasteiger partial charge in [0, 0.05) is 22.7 Å². The highest BCUT2D eigenvalue weighted by Crippen LogP contribution is 2.32. The number of alkyl halides is 3. The van der Waals surface area contributed by atoms with Gasteiger partial charge in [-0.1, -0.05) is 36.4 Å². The summed E-state index contributed by atoms with van der Waals surface area (Å²) in [7, 11) is 0. The number of hydrogen-bond acceptors (Lipinski definition) is 6. The monoisotopic (exact) mass is 489 g/mol. The number of allylic oxidation sites excluding steroid dienone is 1. The van der Waals surface area contributed by atoms with E-state index in [1.807, 2.05) is 36.4 Å². The Balaban J connectivity index is 1.49. The number of hydrogen-bond donors (Lipinski definition) is 1. The smallest absolute Gasteiger partial charge is 0.416 e. The number of aromatic nitrogens is 1. The van der Waals surface area contributed by atoms with Crippen molar-refractivity contribution >= 4 is 44.3 Å². The van der Waals surface area contributed by atoms with E-state index in [9.17, 15) is 23.2 Å². The summed E-state index contributed by atoms with van der Waals surface area (Å²) in [5, 5.41) is 16.9. The number of rotatable bonds is 4. The summed E-state index contributed by atoms with van der Waals surface area (Å²) in [5.41, 5.74) is -0.0412. The molecule has 5 aromatic rings. The second-order valence-corrected chi connectivity index (χ2v) is 8.43. The van der Waals surface area contributed by atoms with Crippen molar-refractivity contribution in [3.63, 3.8) is 0 Å². The Bertz CT molecular complexity index is 1710. The Kier molecular flexibility index (Phi) is 5.59. The topological polar surface area (TPSA) is 78.9 Å². The van der Waals surface area contributed by atoms with Crippen LogP contribution in [0.25, 0.3) is 38.6 Å². The molecule has 0 fully saturated rings. The summed E-state index contributed by atoms with van der Waals surface area (Å²) >= 11 is 1.13. The predicted molar refractivity (Wildman–Crippen MR) is 130 cm³/mol. The average molecular weight is 489 g/mol. The fraction of sp³-hybridized carbons (Fsp3) is 0.0385. The van der Waals surface area contributed by atoms with Gasteiger partial charge in [0.05, 0.1) is 16.8 Å². The standard InChI is InChI=1S/C26H14F3N3O2S/c27-26(28,29)17-5-3-6-18(10-17)31-13-16(12-30)24-32-22(14-35-24)21-11-20-19-7-2-1-4-15(19)8-9-23(20)34-25(21)33/h1-11,13-14,31H/b16-13+. The molecule has 172 valence electrons. The summed E-state index contributed by atoms with van der Waals surface area (Å²) in [6.45, 7) is 0. The Morgan fingerprint density at radius 3 is 2.69 bits per heavy atom. The van der Waals surface area contributed by atoms with E-state index in [0.29, 0.717) is 16.3 Å². The van der Waals surface area contributed by atoms with Gasteiger partial charge in [-0.15, -0.1) is 11.3 Å². The molecule has 0 atom stereocenters. The Hall–Kier alpha value is -4.42. The number of benzene rings is 3. The lowest BCUT2D eigenvalue weighted by Gasteiger charge is -2.08. The fourth-order valence-electron chi connectivity index (χ4n) is 3.65. The van der Waals surface area contributed by atoms with E-state index >= 15 is 0 Å². The van der Waals surface area contributed by atoms with Crippen LogP contribution in [0, 0.1) is 11.3 Å². The quantitative estimate of drug-likeness (QED) is 0.166. The molecule has 1 N–H and O–H groups in total. The zero-order valence-corrected chi connectivity index (χ0v) is 18.6. The van der Waals surface area contributed by atoms with Gasteiger partial charge >= 0.3 is 11.8 Å². The molecule has 0 aliphatic rings. The van der Waals surface area contributed by atoms with Gasteiger partial charge < -0.3 is 9.73 Å². The highest BCUT2D eigenvalue weighted by Gasteiger charge is 2.30. The molecule has 35 heavy (non-hydrogen) atoms. The molecule has 0 aliphatic carbocycles. The first-order valence-electron chi connectivity index (χ1n) is 10.3. The molecule has 0 aliphatic heterocycles. The van der Waals surface area contributed by atoms with Crippen LogP contribution in [0.15, 0.2) is 87.5 Å². The van der Waals surface area contributed by atoms with Crippen LogP contribution in [0.4, 0.5) is 18.9 Å². The number of anilines is 1. The maximum atomic E-state index is 12.9. The van der Waals surface area contributed by atoms with Gasteiger partial charge in [0.15, 0.2) is 0 Å². The lowest BCUT2D eigenvalue weighted by molar-refractivity contribution is -0.137. The van der Waals surface area contributed by atoms with Crippen molar-refractivity contribution in [2.75, 3.05) is 5.32 Å². The van der Waals surface area contributed by atoms with Crippen LogP contribution >= 0.6 is 11.3 Å². The van der Waals surface area contributed by atoms with Gasteiger partial charge in [0.1, 0.15) is 22.2 Å². The van der Waals surface area contributed by atoms with E-state index in [-0.39, 0.29) is 16.8 Å². The first-order chi connectivity index (χ1) is 16.8. The zero-order valence-electron chi connectivity index (χ0n) is 17.8. The maximum Gasteiger partial charge on any atom is 0.416 e. The molecule has 0 amide bonds. The molecular formula is C26H14F3N3O2S. The number of nitrogens with zero attached hydrogens (tertiary/aromatic N) is 2. The van der Waals surface area contributed by atoms with E-state index in [4.69, 9.17) is 4.42 Å². The van der Waals surface area contributed by atoms with Crippen molar-refractivity contribution in [2.45, 2.75) is 6.18 Å². The minimum atomic E-state index is -4.48.